The van der Waals surface area contributed by atoms with E-state index in [4.69, 9.17) is 0 Å². The number of Topliss-reactive ketones (excluding diaryl/α,β-unsaturated/α-hetero) is 1. The number of aryl methyl sites for hydroxylation is 1. The smallest absolute Gasteiger partial charge is 0.255 e. The molecule has 3 aromatic rings. The molecule has 0 spiro atoms. The van der Waals surface area contributed by atoms with E-state index in [-0.39, 0.29) is 22.9 Å². The predicted octanol–water partition coefficient (Wildman–Crippen LogP) is 4.14. The van der Waals surface area contributed by atoms with Crippen LogP contribution in [0.25, 0.3) is 5.82 Å². The van der Waals surface area contributed by atoms with Crippen molar-refractivity contribution < 1.29 is 14.0 Å². The number of hydrogen-bond acceptors (Lipinski definition) is 4. The van der Waals surface area contributed by atoms with Gasteiger partial charge in [0.2, 0.25) is 0 Å². The van der Waals surface area contributed by atoms with Crippen molar-refractivity contribution >= 4 is 11.7 Å². The van der Waals surface area contributed by atoms with Gasteiger partial charge in [-0.05, 0) is 48.6 Å². The summed E-state index contributed by atoms with van der Waals surface area (Å²) in [7, 11) is 1.69. The van der Waals surface area contributed by atoms with Gasteiger partial charge < -0.3 is 4.90 Å². The largest absolute Gasteiger partial charge is 0.337 e. The highest BCUT2D eigenvalue weighted by molar-refractivity contribution is 6.00. The highest BCUT2D eigenvalue weighted by atomic mass is 19.1. The SMILES string of the molecule is Cc1nn(-c2ccc(C(=O)N(C)Cc3ccc(F)cc3)cn2)c2c1C(=O)CC(C)(C)C2. The van der Waals surface area contributed by atoms with Crippen LogP contribution in [0.1, 0.15) is 57.9 Å². The molecule has 31 heavy (non-hydrogen) atoms. The molecule has 7 heteroatoms. The second-order valence-corrected chi connectivity index (χ2v) is 8.95. The first-order chi connectivity index (χ1) is 14.6. The van der Waals surface area contributed by atoms with Gasteiger partial charge >= 0.3 is 0 Å². The summed E-state index contributed by atoms with van der Waals surface area (Å²) in [5, 5.41) is 4.56. The molecule has 0 radical (unpaired) electrons. The third-order valence-electron chi connectivity index (χ3n) is 5.61. The first kappa shape index (κ1) is 20.9. The van der Waals surface area contributed by atoms with Gasteiger partial charge in [-0.1, -0.05) is 26.0 Å². The lowest BCUT2D eigenvalue weighted by Gasteiger charge is -2.29. The van der Waals surface area contributed by atoms with E-state index in [2.05, 4.69) is 23.9 Å². The molecule has 0 unspecified atom stereocenters. The molecule has 1 aliphatic rings. The Bertz CT molecular complexity index is 1150. The topological polar surface area (TPSA) is 68.1 Å². The summed E-state index contributed by atoms with van der Waals surface area (Å²) in [5.41, 5.74) is 3.43. The van der Waals surface area contributed by atoms with Crippen LogP contribution in [0.4, 0.5) is 4.39 Å². The van der Waals surface area contributed by atoms with Gasteiger partial charge in [-0.3, -0.25) is 9.59 Å². The zero-order valence-electron chi connectivity index (χ0n) is 18.1. The summed E-state index contributed by atoms with van der Waals surface area (Å²) < 4.78 is 14.8. The normalized spacial score (nSPS) is 14.9. The maximum absolute atomic E-state index is 13.1. The van der Waals surface area contributed by atoms with Crippen LogP contribution in [-0.2, 0) is 13.0 Å². The molecule has 1 aliphatic carbocycles. The monoisotopic (exact) mass is 420 g/mol. The number of rotatable bonds is 4. The van der Waals surface area contributed by atoms with Crippen LogP contribution in [0.3, 0.4) is 0 Å². The molecular weight excluding hydrogens is 395 g/mol. The van der Waals surface area contributed by atoms with Crippen LogP contribution >= 0.6 is 0 Å². The van der Waals surface area contributed by atoms with Crippen LogP contribution in [-0.4, -0.2) is 38.4 Å². The Labute approximate surface area is 180 Å². The number of carbonyl (C=O) groups is 2. The van der Waals surface area contributed by atoms with Gasteiger partial charge in [0.25, 0.3) is 5.91 Å². The number of aromatic nitrogens is 3. The summed E-state index contributed by atoms with van der Waals surface area (Å²) >= 11 is 0. The second-order valence-electron chi connectivity index (χ2n) is 8.95. The standard InChI is InChI=1S/C24H25FN4O2/c1-15-22-19(11-24(2,3)12-20(22)30)29(27-15)21-10-7-17(13-26-21)23(31)28(4)14-16-5-8-18(25)9-6-16/h5-10,13H,11-12,14H2,1-4H3. The van der Waals surface area contributed by atoms with Gasteiger partial charge in [0, 0.05) is 26.2 Å². The van der Waals surface area contributed by atoms with Crippen molar-refractivity contribution in [3.63, 3.8) is 0 Å². The van der Waals surface area contributed by atoms with Crippen molar-refractivity contribution in [1.82, 2.24) is 19.7 Å². The van der Waals surface area contributed by atoms with Crippen LogP contribution in [0.2, 0.25) is 0 Å². The minimum atomic E-state index is -0.307. The Morgan fingerprint density at radius 1 is 1.16 bits per heavy atom. The van der Waals surface area contributed by atoms with Crippen LogP contribution in [0, 0.1) is 18.2 Å². The van der Waals surface area contributed by atoms with Crippen LogP contribution < -0.4 is 0 Å². The van der Waals surface area contributed by atoms with Crippen molar-refractivity contribution in [2.45, 2.75) is 40.2 Å². The molecule has 1 amide bonds. The van der Waals surface area contributed by atoms with E-state index in [1.54, 1.807) is 40.9 Å². The molecule has 0 saturated carbocycles. The fraction of sp³-hybridized carbons (Fsp3) is 0.333. The zero-order chi connectivity index (χ0) is 22.3. The summed E-state index contributed by atoms with van der Waals surface area (Å²) in [6.07, 6.45) is 2.77. The fourth-order valence-electron chi connectivity index (χ4n) is 4.12. The zero-order valence-corrected chi connectivity index (χ0v) is 18.1. The third-order valence-corrected chi connectivity index (χ3v) is 5.61. The van der Waals surface area contributed by atoms with Gasteiger partial charge in [-0.25, -0.2) is 14.1 Å². The van der Waals surface area contributed by atoms with Gasteiger partial charge in [-0.15, -0.1) is 0 Å². The van der Waals surface area contributed by atoms with Crippen molar-refractivity contribution in [2.24, 2.45) is 5.41 Å². The van der Waals surface area contributed by atoms with Crippen molar-refractivity contribution in [2.75, 3.05) is 7.05 Å². The van der Waals surface area contributed by atoms with Crippen LogP contribution in [0.15, 0.2) is 42.6 Å². The Balaban J connectivity index is 1.56. The molecule has 2 heterocycles. The number of hydrogen-bond donors (Lipinski definition) is 0. The number of pyridine rings is 1. The number of benzene rings is 1. The van der Waals surface area contributed by atoms with Gasteiger partial charge in [-0.2, -0.15) is 5.10 Å². The van der Waals surface area contributed by atoms with E-state index in [0.717, 1.165) is 17.7 Å². The third kappa shape index (κ3) is 4.13. The van der Waals surface area contributed by atoms with Gasteiger partial charge in [0.15, 0.2) is 11.6 Å². The Morgan fingerprint density at radius 3 is 2.52 bits per heavy atom. The first-order valence-corrected chi connectivity index (χ1v) is 10.2. The molecule has 0 fully saturated rings. The summed E-state index contributed by atoms with van der Waals surface area (Å²) in [6, 6.07) is 9.53. The quantitative estimate of drug-likeness (QED) is 0.636. The highest BCUT2D eigenvalue weighted by Gasteiger charge is 2.35. The molecule has 2 aromatic heterocycles. The van der Waals surface area contributed by atoms with E-state index in [1.165, 1.54) is 18.3 Å². The second kappa shape index (κ2) is 7.72. The minimum absolute atomic E-state index is 0.115. The highest BCUT2D eigenvalue weighted by Crippen LogP contribution is 2.36. The number of nitrogens with zero attached hydrogens (tertiary/aromatic N) is 4. The van der Waals surface area contributed by atoms with Gasteiger partial charge in [0.1, 0.15) is 5.82 Å². The Hall–Kier alpha value is -3.35. The average Bonchev–Trinajstić information content (AvgIpc) is 3.04. The predicted molar refractivity (Wildman–Crippen MR) is 115 cm³/mol. The first-order valence-electron chi connectivity index (χ1n) is 10.2. The molecule has 0 atom stereocenters. The Morgan fingerprint density at radius 2 is 1.87 bits per heavy atom. The van der Waals surface area contributed by atoms with Crippen molar-refractivity contribution in [1.29, 1.82) is 0 Å². The molecule has 0 N–H and O–H groups in total. The minimum Gasteiger partial charge on any atom is -0.337 e. The summed E-state index contributed by atoms with van der Waals surface area (Å²) in [5.74, 6) is 0.203. The number of amides is 1. The van der Waals surface area contributed by atoms with Crippen molar-refractivity contribution in [3.05, 3.63) is 76.5 Å². The molecule has 0 saturated heterocycles. The molecule has 0 bridgehead atoms. The number of halogens is 1. The molecule has 4 rings (SSSR count). The van der Waals surface area contributed by atoms with Crippen molar-refractivity contribution in [3.8, 4) is 5.82 Å². The molecule has 6 nitrogen and oxygen atoms in total. The maximum Gasteiger partial charge on any atom is 0.255 e. The molecular formula is C24H25FN4O2. The molecule has 0 aliphatic heterocycles. The summed E-state index contributed by atoms with van der Waals surface area (Å²) in [6.45, 7) is 6.36. The number of ketones is 1. The fourth-order valence-corrected chi connectivity index (χ4v) is 4.12. The lowest BCUT2D eigenvalue weighted by molar-refractivity contribution is 0.0784. The number of fused-ring (bicyclic) bond motifs is 1. The van der Waals surface area contributed by atoms with E-state index in [1.807, 2.05) is 6.92 Å². The van der Waals surface area contributed by atoms with E-state index in [0.29, 0.717) is 35.6 Å². The van der Waals surface area contributed by atoms with E-state index < -0.39 is 0 Å². The maximum atomic E-state index is 13.1. The Kier molecular flexibility index (Phi) is 5.21. The lowest BCUT2D eigenvalue weighted by Crippen LogP contribution is -2.28. The van der Waals surface area contributed by atoms with Crippen LogP contribution in [0.5, 0.6) is 0 Å². The molecule has 160 valence electrons. The molecule has 1 aromatic carbocycles. The number of carbonyl (C=O) groups excluding carboxylic acids is 2. The van der Waals surface area contributed by atoms with E-state index >= 15 is 0 Å². The van der Waals surface area contributed by atoms with Gasteiger partial charge in [0.05, 0.1) is 22.5 Å². The lowest BCUT2D eigenvalue weighted by atomic mass is 9.75. The average molecular weight is 420 g/mol. The van der Waals surface area contributed by atoms with E-state index in [9.17, 15) is 14.0 Å². The summed E-state index contributed by atoms with van der Waals surface area (Å²) in [4.78, 5) is 31.4.